The normalized spacial score (nSPS) is 10.5. The van der Waals surface area contributed by atoms with E-state index in [9.17, 15) is 0 Å². The summed E-state index contributed by atoms with van der Waals surface area (Å²) < 4.78 is 7.12. The molecule has 0 bridgehead atoms. The van der Waals surface area contributed by atoms with Crippen LogP contribution in [0.1, 0.15) is 23.9 Å². The van der Waals surface area contributed by atoms with Crippen LogP contribution in [-0.4, -0.2) is 31.3 Å². The third kappa shape index (κ3) is 3.37. The van der Waals surface area contributed by atoms with Crippen LogP contribution in [-0.2, 0) is 13.6 Å². The molecule has 0 aromatic carbocycles. The average Bonchev–Trinajstić information content (AvgIpc) is 2.70. The minimum Gasteiger partial charge on any atom is -0.464 e. The molecular formula is C12H20N8O. The van der Waals surface area contributed by atoms with Crippen molar-refractivity contribution in [3.63, 3.8) is 0 Å². The Morgan fingerprint density at radius 3 is 2.48 bits per heavy atom. The molecule has 0 atom stereocenters. The van der Waals surface area contributed by atoms with Gasteiger partial charge in [0.2, 0.25) is 11.9 Å². The molecule has 0 aliphatic rings. The Morgan fingerprint density at radius 2 is 1.90 bits per heavy atom. The maximum absolute atomic E-state index is 5.34. The van der Waals surface area contributed by atoms with E-state index in [2.05, 4.69) is 30.8 Å². The van der Waals surface area contributed by atoms with Crippen LogP contribution in [0.15, 0.2) is 0 Å². The van der Waals surface area contributed by atoms with Gasteiger partial charge in [-0.25, -0.2) is 5.84 Å². The summed E-state index contributed by atoms with van der Waals surface area (Å²) in [4.78, 5) is 12.3. The number of anilines is 2. The number of nitrogens with two attached hydrogens (primary N) is 1. The van der Waals surface area contributed by atoms with E-state index in [0.29, 0.717) is 19.1 Å². The van der Waals surface area contributed by atoms with Gasteiger partial charge in [0.25, 0.3) is 0 Å². The van der Waals surface area contributed by atoms with E-state index in [4.69, 9.17) is 10.6 Å². The average molecular weight is 292 g/mol. The SMILES string of the molecule is CCOc1nc(NN)nc(NCc2c(C)nn(C)c2C)n1. The van der Waals surface area contributed by atoms with E-state index < -0.39 is 0 Å². The van der Waals surface area contributed by atoms with Crippen LogP contribution >= 0.6 is 0 Å². The van der Waals surface area contributed by atoms with E-state index in [1.54, 1.807) is 0 Å². The fraction of sp³-hybridized carbons (Fsp3) is 0.500. The first-order valence-corrected chi connectivity index (χ1v) is 6.63. The molecule has 2 heterocycles. The van der Waals surface area contributed by atoms with Crippen molar-refractivity contribution in [2.45, 2.75) is 27.3 Å². The maximum Gasteiger partial charge on any atom is 0.323 e. The summed E-state index contributed by atoms with van der Waals surface area (Å²) in [7, 11) is 1.92. The molecule has 0 aliphatic carbocycles. The highest BCUT2D eigenvalue weighted by Crippen LogP contribution is 2.15. The van der Waals surface area contributed by atoms with Crippen LogP contribution in [0.2, 0.25) is 0 Å². The molecule has 0 amide bonds. The summed E-state index contributed by atoms with van der Waals surface area (Å²) in [6, 6.07) is 0.225. The van der Waals surface area contributed by atoms with Crippen molar-refractivity contribution in [1.82, 2.24) is 24.7 Å². The first-order chi connectivity index (χ1) is 10.0. The lowest BCUT2D eigenvalue weighted by Crippen LogP contribution is -2.14. The number of aromatic nitrogens is 5. The van der Waals surface area contributed by atoms with E-state index in [1.165, 1.54) is 0 Å². The second kappa shape index (κ2) is 6.35. The van der Waals surface area contributed by atoms with Gasteiger partial charge < -0.3 is 10.1 Å². The number of aryl methyl sites for hydroxylation is 2. The molecule has 2 aromatic rings. The predicted molar refractivity (Wildman–Crippen MR) is 78.8 cm³/mol. The second-order valence-corrected chi connectivity index (χ2v) is 4.47. The molecular weight excluding hydrogens is 272 g/mol. The molecule has 0 saturated carbocycles. The number of nitrogen functional groups attached to an aromatic ring is 1. The monoisotopic (exact) mass is 292 g/mol. The molecule has 0 fully saturated rings. The fourth-order valence-electron chi connectivity index (χ4n) is 1.93. The van der Waals surface area contributed by atoms with Gasteiger partial charge in [0.1, 0.15) is 0 Å². The first kappa shape index (κ1) is 15.0. The van der Waals surface area contributed by atoms with Crippen LogP contribution in [0.4, 0.5) is 11.9 Å². The van der Waals surface area contributed by atoms with Crippen molar-refractivity contribution in [3.05, 3.63) is 17.0 Å². The van der Waals surface area contributed by atoms with E-state index in [1.807, 2.05) is 32.5 Å². The quantitative estimate of drug-likeness (QED) is 0.521. The third-order valence-corrected chi connectivity index (χ3v) is 3.10. The topological polar surface area (TPSA) is 116 Å². The molecule has 9 heteroatoms. The van der Waals surface area contributed by atoms with Gasteiger partial charge in [0.15, 0.2) is 0 Å². The summed E-state index contributed by atoms with van der Waals surface area (Å²) in [6.45, 7) is 6.87. The Bertz CT molecular complexity index is 624. The van der Waals surface area contributed by atoms with E-state index in [0.717, 1.165) is 17.0 Å². The Hall–Kier alpha value is -2.42. The fourth-order valence-corrected chi connectivity index (χ4v) is 1.93. The van der Waals surface area contributed by atoms with Crippen molar-refractivity contribution < 1.29 is 4.74 Å². The van der Waals surface area contributed by atoms with Crippen molar-refractivity contribution in [3.8, 4) is 6.01 Å². The Morgan fingerprint density at radius 1 is 1.19 bits per heavy atom. The molecule has 2 aromatic heterocycles. The molecule has 4 N–H and O–H groups in total. The van der Waals surface area contributed by atoms with Crippen molar-refractivity contribution in [2.75, 3.05) is 17.3 Å². The smallest absolute Gasteiger partial charge is 0.323 e. The van der Waals surface area contributed by atoms with Crippen LogP contribution in [0.25, 0.3) is 0 Å². The number of nitrogens with zero attached hydrogens (tertiary/aromatic N) is 5. The highest BCUT2D eigenvalue weighted by molar-refractivity contribution is 5.37. The zero-order valence-electron chi connectivity index (χ0n) is 12.6. The summed E-state index contributed by atoms with van der Waals surface area (Å²) in [6.07, 6.45) is 0. The molecule has 21 heavy (non-hydrogen) atoms. The van der Waals surface area contributed by atoms with Crippen LogP contribution in [0, 0.1) is 13.8 Å². The van der Waals surface area contributed by atoms with Crippen molar-refractivity contribution in [2.24, 2.45) is 12.9 Å². The first-order valence-electron chi connectivity index (χ1n) is 6.63. The molecule has 2 rings (SSSR count). The highest BCUT2D eigenvalue weighted by Gasteiger charge is 2.11. The molecule has 0 saturated heterocycles. The van der Waals surface area contributed by atoms with Crippen LogP contribution < -0.4 is 21.3 Å². The molecule has 0 radical (unpaired) electrons. The minimum absolute atomic E-state index is 0.225. The van der Waals surface area contributed by atoms with Crippen LogP contribution in [0.5, 0.6) is 6.01 Å². The lowest BCUT2D eigenvalue weighted by Gasteiger charge is -2.08. The number of rotatable bonds is 6. The minimum atomic E-state index is 0.225. The predicted octanol–water partition coefficient (Wildman–Crippen LogP) is 0.518. The van der Waals surface area contributed by atoms with Gasteiger partial charge in [0.05, 0.1) is 12.3 Å². The van der Waals surface area contributed by atoms with Gasteiger partial charge >= 0.3 is 6.01 Å². The van der Waals surface area contributed by atoms with Gasteiger partial charge in [-0.3, -0.25) is 10.1 Å². The summed E-state index contributed by atoms with van der Waals surface area (Å²) >= 11 is 0. The molecule has 114 valence electrons. The van der Waals surface area contributed by atoms with Gasteiger partial charge in [-0.2, -0.15) is 20.1 Å². The zero-order valence-corrected chi connectivity index (χ0v) is 12.6. The Balaban J connectivity index is 2.17. The van der Waals surface area contributed by atoms with Gasteiger partial charge in [-0.05, 0) is 20.8 Å². The number of hydrogen-bond acceptors (Lipinski definition) is 8. The van der Waals surface area contributed by atoms with E-state index in [-0.39, 0.29) is 12.0 Å². The number of hydrazine groups is 1. The highest BCUT2D eigenvalue weighted by atomic mass is 16.5. The molecule has 9 nitrogen and oxygen atoms in total. The zero-order chi connectivity index (χ0) is 15.4. The standard InChI is InChI=1S/C12H20N8O/c1-5-21-12-16-10(15-11(17-12)18-13)14-6-9-7(2)19-20(4)8(9)3/h5-6,13H2,1-4H3,(H2,14,15,16,17,18). The molecule has 0 spiro atoms. The molecule has 0 unspecified atom stereocenters. The lowest BCUT2D eigenvalue weighted by atomic mass is 10.2. The number of nitrogens with one attached hydrogen (secondary N) is 2. The summed E-state index contributed by atoms with van der Waals surface area (Å²) in [5.41, 5.74) is 5.57. The largest absolute Gasteiger partial charge is 0.464 e. The van der Waals surface area contributed by atoms with Gasteiger partial charge in [-0.15, -0.1) is 0 Å². The Labute approximate surface area is 122 Å². The van der Waals surface area contributed by atoms with E-state index >= 15 is 0 Å². The molecule has 0 aliphatic heterocycles. The van der Waals surface area contributed by atoms with Gasteiger partial charge in [0, 0.05) is 24.8 Å². The lowest BCUT2D eigenvalue weighted by molar-refractivity contribution is 0.312. The van der Waals surface area contributed by atoms with Crippen LogP contribution in [0.3, 0.4) is 0 Å². The van der Waals surface area contributed by atoms with Gasteiger partial charge in [-0.1, -0.05) is 0 Å². The summed E-state index contributed by atoms with van der Waals surface area (Å²) in [5, 5.41) is 7.51. The number of hydrogen-bond donors (Lipinski definition) is 3. The van der Waals surface area contributed by atoms with Crippen molar-refractivity contribution in [1.29, 1.82) is 0 Å². The number of ether oxygens (including phenoxy) is 1. The van der Waals surface area contributed by atoms with Crippen molar-refractivity contribution >= 4 is 11.9 Å². The maximum atomic E-state index is 5.34. The Kier molecular flexibility index (Phi) is 4.53. The second-order valence-electron chi connectivity index (χ2n) is 4.47. The third-order valence-electron chi connectivity index (χ3n) is 3.10. The summed E-state index contributed by atoms with van der Waals surface area (Å²) in [5.74, 6) is 5.98.